The van der Waals surface area contributed by atoms with Gasteiger partial charge in [0.2, 0.25) is 5.91 Å². The third-order valence-corrected chi connectivity index (χ3v) is 5.04. The minimum Gasteiger partial charge on any atom is -0.366 e. The fourth-order valence-corrected chi connectivity index (χ4v) is 3.06. The molecule has 0 heterocycles. The Morgan fingerprint density at radius 3 is 2.05 bits per heavy atom. The van der Waals surface area contributed by atoms with Crippen molar-refractivity contribution >= 4 is 33.2 Å². The van der Waals surface area contributed by atoms with Gasteiger partial charge in [0.25, 0.3) is 10.0 Å². The van der Waals surface area contributed by atoms with Gasteiger partial charge in [-0.05, 0) is 48.5 Å². The van der Waals surface area contributed by atoms with Crippen molar-refractivity contribution in [3.8, 4) is 0 Å². The Hall–Kier alpha value is -2.05. The minimum atomic E-state index is -3.71. The summed E-state index contributed by atoms with van der Waals surface area (Å²) < 4.78 is 26.1. The number of primary amides is 1. The SMILES string of the molecule is CN(c1ccc(Cl)cc1)S(=O)(=O)c1ccc(C(N)=O)cc1. The molecule has 110 valence electrons. The molecule has 2 N–H and O–H groups in total. The van der Waals surface area contributed by atoms with Crippen LogP contribution in [0.5, 0.6) is 0 Å². The standard InChI is InChI=1S/C14H13ClN2O3S/c1-17(12-6-4-11(15)5-7-12)21(19,20)13-8-2-10(3-9-13)14(16)18/h2-9H,1H3,(H2,16,18). The molecule has 2 aromatic rings. The van der Waals surface area contributed by atoms with E-state index in [-0.39, 0.29) is 10.5 Å². The third-order valence-electron chi connectivity index (χ3n) is 2.99. The van der Waals surface area contributed by atoms with Gasteiger partial charge in [-0.1, -0.05) is 11.6 Å². The average molecular weight is 325 g/mol. The van der Waals surface area contributed by atoms with Crippen molar-refractivity contribution in [3.05, 3.63) is 59.1 Å². The zero-order chi connectivity index (χ0) is 15.6. The van der Waals surface area contributed by atoms with E-state index in [1.807, 2.05) is 0 Å². The molecule has 7 heteroatoms. The summed E-state index contributed by atoms with van der Waals surface area (Å²) >= 11 is 5.78. The fourth-order valence-electron chi connectivity index (χ4n) is 1.74. The van der Waals surface area contributed by atoms with Gasteiger partial charge < -0.3 is 5.73 Å². The number of nitrogens with two attached hydrogens (primary N) is 1. The maximum Gasteiger partial charge on any atom is 0.264 e. The molecule has 0 aliphatic carbocycles. The molecule has 0 saturated carbocycles. The molecule has 0 saturated heterocycles. The predicted octanol–water partition coefficient (Wildman–Crippen LogP) is 2.26. The molecule has 0 unspecified atom stereocenters. The highest BCUT2D eigenvalue weighted by Crippen LogP contribution is 2.23. The number of nitrogens with zero attached hydrogens (tertiary/aromatic N) is 1. The van der Waals surface area contributed by atoms with E-state index in [0.717, 1.165) is 4.31 Å². The molecule has 0 spiro atoms. The molecular weight excluding hydrogens is 312 g/mol. The van der Waals surface area contributed by atoms with Gasteiger partial charge in [-0.15, -0.1) is 0 Å². The molecule has 2 aromatic carbocycles. The number of carbonyl (C=O) groups excluding carboxylic acids is 1. The van der Waals surface area contributed by atoms with Gasteiger partial charge in [0, 0.05) is 17.6 Å². The highest BCUT2D eigenvalue weighted by atomic mass is 35.5. The zero-order valence-corrected chi connectivity index (χ0v) is 12.7. The average Bonchev–Trinajstić information content (AvgIpc) is 2.47. The van der Waals surface area contributed by atoms with Crippen LogP contribution in [-0.4, -0.2) is 21.4 Å². The van der Waals surface area contributed by atoms with Crippen molar-refractivity contribution in [3.63, 3.8) is 0 Å². The van der Waals surface area contributed by atoms with Crippen LogP contribution in [0.1, 0.15) is 10.4 Å². The molecule has 0 atom stereocenters. The molecule has 5 nitrogen and oxygen atoms in total. The zero-order valence-electron chi connectivity index (χ0n) is 11.2. The van der Waals surface area contributed by atoms with Gasteiger partial charge in [0.15, 0.2) is 0 Å². The first kappa shape index (κ1) is 15.3. The summed E-state index contributed by atoms with van der Waals surface area (Å²) in [5, 5.41) is 0.523. The largest absolute Gasteiger partial charge is 0.366 e. The van der Waals surface area contributed by atoms with Crippen LogP contribution < -0.4 is 10.0 Å². The van der Waals surface area contributed by atoms with Crippen LogP contribution in [0, 0.1) is 0 Å². The predicted molar refractivity (Wildman–Crippen MR) is 82.0 cm³/mol. The van der Waals surface area contributed by atoms with Gasteiger partial charge >= 0.3 is 0 Å². The van der Waals surface area contributed by atoms with Crippen molar-refractivity contribution in [2.45, 2.75) is 4.90 Å². The Balaban J connectivity index is 2.36. The van der Waals surface area contributed by atoms with Gasteiger partial charge in [-0.3, -0.25) is 9.10 Å². The van der Waals surface area contributed by atoms with Crippen molar-refractivity contribution in [2.75, 3.05) is 11.4 Å². The van der Waals surface area contributed by atoms with Gasteiger partial charge in [0.1, 0.15) is 0 Å². The number of amides is 1. The molecule has 0 bridgehead atoms. The lowest BCUT2D eigenvalue weighted by molar-refractivity contribution is 0.1000. The second kappa shape index (κ2) is 5.75. The topological polar surface area (TPSA) is 80.5 Å². The maximum atomic E-state index is 12.5. The van der Waals surface area contributed by atoms with Crippen LogP contribution in [0.4, 0.5) is 5.69 Å². The summed E-state index contributed by atoms with van der Waals surface area (Å²) in [7, 11) is -2.26. The smallest absolute Gasteiger partial charge is 0.264 e. The second-order valence-electron chi connectivity index (χ2n) is 4.34. The second-order valence-corrected chi connectivity index (χ2v) is 6.74. The molecule has 0 radical (unpaired) electrons. The number of anilines is 1. The highest BCUT2D eigenvalue weighted by Gasteiger charge is 2.21. The van der Waals surface area contributed by atoms with Crippen molar-refractivity contribution < 1.29 is 13.2 Å². The molecule has 0 aliphatic rings. The van der Waals surface area contributed by atoms with Gasteiger partial charge in [-0.2, -0.15) is 0 Å². The van der Waals surface area contributed by atoms with E-state index in [2.05, 4.69) is 0 Å². The third kappa shape index (κ3) is 3.17. The molecule has 2 rings (SSSR count). The molecular formula is C14H13ClN2O3S. The summed E-state index contributed by atoms with van der Waals surface area (Å²) in [6.45, 7) is 0. The number of carbonyl (C=O) groups is 1. The Kier molecular flexibility index (Phi) is 4.20. The quantitative estimate of drug-likeness (QED) is 0.936. The van der Waals surface area contributed by atoms with E-state index in [1.54, 1.807) is 24.3 Å². The van der Waals surface area contributed by atoms with Crippen molar-refractivity contribution in [1.82, 2.24) is 0 Å². The monoisotopic (exact) mass is 324 g/mol. The van der Waals surface area contributed by atoms with Gasteiger partial charge in [-0.25, -0.2) is 8.42 Å². The molecule has 1 amide bonds. The van der Waals surface area contributed by atoms with Crippen molar-refractivity contribution in [2.24, 2.45) is 5.73 Å². The van der Waals surface area contributed by atoms with Crippen molar-refractivity contribution in [1.29, 1.82) is 0 Å². The highest BCUT2D eigenvalue weighted by molar-refractivity contribution is 7.92. The number of hydrogen-bond donors (Lipinski definition) is 1. The summed E-state index contributed by atoms with van der Waals surface area (Å²) in [6, 6.07) is 11.9. The minimum absolute atomic E-state index is 0.0740. The molecule has 0 aromatic heterocycles. The summed E-state index contributed by atoms with van der Waals surface area (Å²) in [5.41, 5.74) is 5.86. The molecule has 0 aliphatic heterocycles. The lowest BCUT2D eigenvalue weighted by atomic mass is 10.2. The fraction of sp³-hybridized carbons (Fsp3) is 0.0714. The Bertz CT molecular complexity index is 756. The van der Waals surface area contributed by atoms with Crippen LogP contribution in [-0.2, 0) is 10.0 Å². The van der Waals surface area contributed by atoms with Crippen LogP contribution in [0.25, 0.3) is 0 Å². The number of benzene rings is 2. The first-order valence-corrected chi connectivity index (χ1v) is 7.78. The lowest BCUT2D eigenvalue weighted by Crippen LogP contribution is -2.26. The normalized spacial score (nSPS) is 11.1. The van der Waals surface area contributed by atoms with E-state index < -0.39 is 15.9 Å². The molecule has 0 fully saturated rings. The van der Waals surface area contributed by atoms with Crippen LogP contribution in [0.2, 0.25) is 5.02 Å². The Labute approximate surface area is 128 Å². The van der Waals surface area contributed by atoms with E-state index in [9.17, 15) is 13.2 Å². The first-order valence-electron chi connectivity index (χ1n) is 5.97. The van der Waals surface area contributed by atoms with Gasteiger partial charge in [0.05, 0.1) is 10.6 Å². The Morgan fingerprint density at radius 1 is 1.05 bits per heavy atom. The van der Waals surface area contributed by atoms with E-state index in [4.69, 9.17) is 17.3 Å². The number of hydrogen-bond acceptors (Lipinski definition) is 3. The number of rotatable bonds is 4. The summed E-state index contributed by atoms with van der Waals surface area (Å²) in [6.07, 6.45) is 0. The number of halogens is 1. The van der Waals surface area contributed by atoms with Crippen LogP contribution >= 0.6 is 11.6 Å². The first-order chi connectivity index (χ1) is 9.82. The Morgan fingerprint density at radius 2 is 1.57 bits per heavy atom. The lowest BCUT2D eigenvalue weighted by Gasteiger charge is -2.19. The van der Waals surface area contributed by atoms with E-state index >= 15 is 0 Å². The maximum absolute atomic E-state index is 12.5. The molecule has 21 heavy (non-hydrogen) atoms. The van der Waals surface area contributed by atoms with Crippen LogP contribution in [0.3, 0.4) is 0 Å². The van der Waals surface area contributed by atoms with Crippen LogP contribution in [0.15, 0.2) is 53.4 Å². The summed E-state index contributed by atoms with van der Waals surface area (Å²) in [5.74, 6) is -0.606. The van der Waals surface area contributed by atoms with E-state index in [1.165, 1.54) is 31.3 Å². The summed E-state index contributed by atoms with van der Waals surface area (Å²) in [4.78, 5) is 11.1. The van der Waals surface area contributed by atoms with E-state index in [0.29, 0.717) is 10.7 Å². The number of sulfonamides is 1.